The van der Waals surface area contributed by atoms with Gasteiger partial charge in [0.15, 0.2) is 0 Å². The highest BCUT2D eigenvalue weighted by Gasteiger charge is 2.33. The van der Waals surface area contributed by atoms with Crippen LogP contribution in [0.15, 0.2) is 54.6 Å². The van der Waals surface area contributed by atoms with E-state index < -0.39 is 0 Å². The summed E-state index contributed by atoms with van der Waals surface area (Å²) in [6.45, 7) is 2.29. The number of urea groups is 1. The van der Waals surface area contributed by atoms with Crippen molar-refractivity contribution >= 4 is 23.3 Å². The first-order chi connectivity index (χ1) is 12.7. The Bertz CT molecular complexity index is 806. The number of carbonyl (C=O) groups excluding carboxylic acids is 2. The Labute approximate surface area is 153 Å². The lowest BCUT2D eigenvalue weighted by molar-refractivity contribution is -0.127. The second kappa shape index (κ2) is 7.20. The molecule has 4 rings (SSSR count). The average molecular weight is 349 g/mol. The highest BCUT2D eigenvalue weighted by Crippen LogP contribution is 2.38. The van der Waals surface area contributed by atoms with Gasteiger partial charge in [0.2, 0.25) is 5.91 Å². The molecule has 0 bridgehead atoms. The lowest BCUT2D eigenvalue weighted by Crippen LogP contribution is -2.34. The summed E-state index contributed by atoms with van der Waals surface area (Å²) in [5.74, 6) is 0.524. The fourth-order valence-corrected chi connectivity index (χ4v) is 3.90. The maximum atomic E-state index is 12.8. The topological polar surface area (TPSA) is 52.7 Å². The van der Waals surface area contributed by atoms with Gasteiger partial charge in [0, 0.05) is 43.3 Å². The minimum atomic E-state index is -0.108. The van der Waals surface area contributed by atoms with Gasteiger partial charge < -0.3 is 10.2 Å². The van der Waals surface area contributed by atoms with Crippen LogP contribution in [0.2, 0.25) is 0 Å². The predicted octanol–water partition coefficient (Wildman–Crippen LogP) is 3.83. The van der Waals surface area contributed by atoms with E-state index in [1.54, 1.807) is 0 Å². The van der Waals surface area contributed by atoms with Crippen LogP contribution in [-0.4, -0.2) is 36.5 Å². The summed E-state index contributed by atoms with van der Waals surface area (Å²) in [6, 6.07) is 17.5. The number of nitrogens with one attached hydrogen (secondary N) is 1. The summed E-state index contributed by atoms with van der Waals surface area (Å²) in [7, 11) is 0. The van der Waals surface area contributed by atoms with Crippen LogP contribution in [0.5, 0.6) is 0 Å². The van der Waals surface area contributed by atoms with E-state index in [1.165, 1.54) is 5.56 Å². The van der Waals surface area contributed by atoms with Crippen molar-refractivity contribution in [2.75, 3.05) is 29.9 Å². The van der Waals surface area contributed by atoms with Crippen LogP contribution >= 0.6 is 0 Å². The molecular formula is C21H23N3O2. The highest BCUT2D eigenvalue weighted by atomic mass is 16.2. The Morgan fingerprint density at radius 3 is 2.62 bits per heavy atom. The lowest BCUT2D eigenvalue weighted by atomic mass is 9.98. The number of rotatable bonds is 4. The molecule has 134 valence electrons. The Kier molecular flexibility index (Phi) is 4.61. The zero-order valence-corrected chi connectivity index (χ0v) is 14.7. The van der Waals surface area contributed by atoms with Gasteiger partial charge >= 0.3 is 6.03 Å². The van der Waals surface area contributed by atoms with E-state index in [2.05, 4.69) is 11.4 Å². The van der Waals surface area contributed by atoms with E-state index in [9.17, 15) is 9.59 Å². The smallest absolute Gasteiger partial charge is 0.326 e. The van der Waals surface area contributed by atoms with Gasteiger partial charge in [-0.15, -0.1) is 0 Å². The van der Waals surface area contributed by atoms with Crippen molar-refractivity contribution in [3.63, 3.8) is 0 Å². The van der Waals surface area contributed by atoms with Gasteiger partial charge in [-0.25, -0.2) is 4.79 Å². The Balaban J connectivity index is 1.47. The minimum Gasteiger partial charge on any atom is -0.343 e. The van der Waals surface area contributed by atoms with Gasteiger partial charge in [0.05, 0.1) is 0 Å². The van der Waals surface area contributed by atoms with E-state index >= 15 is 0 Å². The Morgan fingerprint density at radius 2 is 1.85 bits per heavy atom. The van der Waals surface area contributed by atoms with Crippen molar-refractivity contribution in [3.8, 4) is 0 Å². The molecule has 2 aliphatic rings. The number of nitrogens with zero attached hydrogens (tertiary/aromatic N) is 2. The number of para-hydroxylation sites is 2. The molecule has 2 aromatic carbocycles. The molecule has 2 heterocycles. The molecule has 26 heavy (non-hydrogen) atoms. The molecular weight excluding hydrogens is 326 g/mol. The van der Waals surface area contributed by atoms with Gasteiger partial charge in [-0.05, 0) is 36.6 Å². The predicted molar refractivity (Wildman–Crippen MR) is 102 cm³/mol. The third-order valence-electron chi connectivity index (χ3n) is 5.26. The van der Waals surface area contributed by atoms with E-state index in [4.69, 9.17) is 0 Å². The molecule has 0 radical (unpaired) electrons. The van der Waals surface area contributed by atoms with Crippen molar-refractivity contribution in [3.05, 3.63) is 60.2 Å². The summed E-state index contributed by atoms with van der Waals surface area (Å²) in [5, 5.41) is 2.97. The largest absolute Gasteiger partial charge is 0.343 e. The zero-order chi connectivity index (χ0) is 17.9. The first-order valence-corrected chi connectivity index (χ1v) is 9.22. The van der Waals surface area contributed by atoms with E-state index in [0.29, 0.717) is 13.0 Å². The summed E-state index contributed by atoms with van der Waals surface area (Å²) in [4.78, 5) is 28.4. The quantitative estimate of drug-likeness (QED) is 0.912. The summed E-state index contributed by atoms with van der Waals surface area (Å²) >= 11 is 0. The van der Waals surface area contributed by atoms with Crippen molar-refractivity contribution in [1.82, 2.24) is 4.90 Å². The van der Waals surface area contributed by atoms with Crippen LogP contribution in [0.25, 0.3) is 0 Å². The van der Waals surface area contributed by atoms with Crippen LogP contribution in [0.1, 0.15) is 30.7 Å². The molecule has 0 saturated carbocycles. The molecule has 2 aromatic rings. The molecule has 0 aliphatic carbocycles. The highest BCUT2D eigenvalue weighted by molar-refractivity contribution is 6.03. The second-order valence-corrected chi connectivity index (χ2v) is 6.94. The zero-order valence-electron chi connectivity index (χ0n) is 14.7. The monoisotopic (exact) mass is 349 g/mol. The minimum absolute atomic E-state index is 0.108. The van der Waals surface area contributed by atoms with Crippen molar-refractivity contribution in [1.29, 1.82) is 0 Å². The molecule has 1 saturated heterocycles. The Hall–Kier alpha value is -2.82. The molecule has 0 spiro atoms. The molecule has 5 nitrogen and oxygen atoms in total. The van der Waals surface area contributed by atoms with Crippen LogP contribution in [0.3, 0.4) is 0 Å². The number of amides is 3. The van der Waals surface area contributed by atoms with Gasteiger partial charge in [-0.1, -0.05) is 36.4 Å². The van der Waals surface area contributed by atoms with Gasteiger partial charge in [-0.2, -0.15) is 0 Å². The number of carbonyl (C=O) groups is 2. The molecule has 0 unspecified atom stereocenters. The number of hydrogen-bond donors (Lipinski definition) is 1. The lowest BCUT2D eigenvalue weighted by Gasteiger charge is -2.20. The van der Waals surface area contributed by atoms with Crippen molar-refractivity contribution in [2.45, 2.75) is 25.2 Å². The standard InChI is InChI=1S/C21H23N3O2/c25-20-11-6-13-23(20)14-12-16-15-24(19-10-5-4-9-18(16)19)21(26)22-17-7-2-1-3-8-17/h1-5,7-10,16H,6,11-15H2,(H,22,26)/t16-/m1/s1. The third kappa shape index (κ3) is 3.29. The Morgan fingerprint density at radius 1 is 1.08 bits per heavy atom. The van der Waals surface area contributed by atoms with Crippen LogP contribution in [0, 0.1) is 0 Å². The van der Waals surface area contributed by atoms with E-state index in [-0.39, 0.29) is 17.9 Å². The van der Waals surface area contributed by atoms with Crippen LogP contribution in [-0.2, 0) is 4.79 Å². The maximum absolute atomic E-state index is 12.8. The normalized spacial score (nSPS) is 18.9. The number of anilines is 2. The number of likely N-dealkylation sites (tertiary alicyclic amines) is 1. The van der Waals surface area contributed by atoms with Gasteiger partial charge in [-0.3, -0.25) is 9.69 Å². The van der Waals surface area contributed by atoms with E-state index in [0.717, 1.165) is 37.3 Å². The SMILES string of the molecule is O=C1CCCN1CC[C@@H]1CN(C(=O)Nc2ccccc2)c2ccccc21. The number of fused-ring (bicyclic) bond motifs is 1. The van der Waals surface area contributed by atoms with E-state index in [1.807, 2.05) is 58.3 Å². The van der Waals surface area contributed by atoms with Gasteiger partial charge in [0.25, 0.3) is 0 Å². The van der Waals surface area contributed by atoms with Gasteiger partial charge in [0.1, 0.15) is 0 Å². The fourth-order valence-electron chi connectivity index (χ4n) is 3.90. The first kappa shape index (κ1) is 16.6. The summed E-state index contributed by atoms with van der Waals surface area (Å²) in [6.07, 6.45) is 2.52. The van der Waals surface area contributed by atoms with Crippen molar-refractivity contribution in [2.24, 2.45) is 0 Å². The molecule has 1 N–H and O–H groups in total. The first-order valence-electron chi connectivity index (χ1n) is 9.22. The molecule has 2 aliphatic heterocycles. The fraction of sp³-hybridized carbons (Fsp3) is 0.333. The summed E-state index contributed by atoms with van der Waals surface area (Å²) in [5.41, 5.74) is 2.96. The third-order valence-corrected chi connectivity index (χ3v) is 5.26. The van der Waals surface area contributed by atoms with Crippen molar-refractivity contribution < 1.29 is 9.59 Å². The molecule has 5 heteroatoms. The summed E-state index contributed by atoms with van der Waals surface area (Å²) < 4.78 is 0. The molecule has 1 atom stereocenters. The molecule has 0 aromatic heterocycles. The molecule has 3 amide bonds. The average Bonchev–Trinajstić information content (AvgIpc) is 3.24. The molecule has 1 fully saturated rings. The maximum Gasteiger partial charge on any atom is 0.326 e. The number of hydrogen-bond acceptors (Lipinski definition) is 2. The van der Waals surface area contributed by atoms with Crippen LogP contribution in [0.4, 0.5) is 16.2 Å². The van der Waals surface area contributed by atoms with Crippen LogP contribution < -0.4 is 10.2 Å². The second-order valence-electron chi connectivity index (χ2n) is 6.94. The number of benzene rings is 2.